The van der Waals surface area contributed by atoms with Crippen LogP contribution in [0.5, 0.6) is 0 Å². The third kappa shape index (κ3) is 1.51. The summed E-state index contributed by atoms with van der Waals surface area (Å²) < 4.78 is 6.38. The molecule has 2 N–H and O–H groups in total. The number of hydrogen-bond donors (Lipinski definition) is 1. The van der Waals surface area contributed by atoms with E-state index in [0.717, 1.165) is 11.4 Å². The van der Waals surface area contributed by atoms with Gasteiger partial charge in [-0.3, -0.25) is 0 Å². The van der Waals surface area contributed by atoms with Gasteiger partial charge in [0.25, 0.3) is 0 Å². The van der Waals surface area contributed by atoms with Crippen LogP contribution in [0, 0.1) is 6.92 Å². The van der Waals surface area contributed by atoms with Crippen LogP contribution in [0.3, 0.4) is 0 Å². The van der Waals surface area contributed by atoms with Crippen molar-refractivity contribution >= 4 is 5.82 Å². The van der Waals surface area contributed by atoms with E-state index in [9.17, 15) is 0 Å². The van der Waals surface area contributed by atoms with Gasteiger partial charge in [-0.2, -0.15) is 0 Å². The molecule has 0 aromatic carbocycles. The van der Waals surface area contributed by atoms with Gasteiger partial charge in [0.15, 0.2) is 0 Å². The highest BCUT2D eigenvalue weighted by molar-refractivity contribution is 5.23. The Hall–Kier alpha value is -1.85. The van der Waals surface area contributed by atoms with Crippen molar-refractivity contribution in [3.05, 3.63) is 23.9 Å². The van der Waals surface area contributed by atoms with Crippen molar-refractivity contribution in [1.29, 1.82) is 0 Å². The van der Waals surface area contributed by atoms with Crippen LogP contribution in [-0.2, 0) is 6.54 Å². The molecule has 6 heteroatoms. The molecule has 0 aliphatic heterocycles. The maximum Gasteiger partial charge on any atom is 0.141 e. The summed E-state index contributed by atoms with van der Waals surface area (Å²) in [5.41, 5.74) is 7.03. The van der Waals surface area contributed by atoms with Gasteiger partial charge in [0, 0.05) is 6.20 Å². The zero-order valence-electron chi connectivity index (χ0n) is 7.14. The summed E-state index contributed by atoms with van der Waals surface area (Å²) in [6.45, 7) is 2.42. The van der Waals surface area contributed by atoms with Crippen LogP contribution in [0.2, 0.25) is 0 Å². The summed E-state index contributed by atoms with van der Waals surface area (Å²) in [7, 11) is 0. The van der Waals surface area contributed by atoms with Crippen molar-refractivity contribution in [2.75, 3.05) is 5.73 Å². The average Bonchev–Trinajstić information content (AvgIpc) is 2.64. The lowest BCUT2D eigenvalue weighted by molar-refractivity contribution is 0.300. The molecule has 0 unspecified atom stereocenters. The summed E-state index contributed by atoms with van der Waals surface area (Å²) in [5, 5.41) is 7.41. The molecular weight excluding hydrogens is 170 g/mol. The normalized spacial score (nSPS) is 10.5. The van der Waals surface area contributed by atoms with E-state index in [4.69, 9.17) is 5.73 Å². The Bertz CT molecular complexity index is 404. The van der Waals surface area contributed by atoms with Crippen LogP contribution in [-0.4, -0.2) is 19.9 Å². The summed E-state index contributed by atoms with van der Waals surface area (Å²) >= 11 is 0. The molecule has 0 aliphatic carbocycles. The zero-order valence-corrected chi connectivity index (χ0v) is 7.14. The van der Waals surface area contributed by atoms with E-state index in [1.54, 1.807) is 12.5 Å². The van der Waals surface area contributed by atoms with Gasteiger partial charge in [-0.15, -0.1) is 0 Å². The molecule has 13 heavy (non-hydrogen) atoms. The minimum atomic E-state index is 0.495. The van der Waals surface area contributed by atoms with Crippen LogP contribution in [0.25, 0.3) is 0 Å². The largest absolute Gasteiger partial charge is 0.382 e. The third-order valence-corrected chi connectivity index (χ3v) is 1.73. The van der Waals surface area contributed by atoms with Gasteiger partial charge in [0.2, 0.25) is 0 Å². The van der Waals surface area contributed by atoms with Crippen molar-refractivity contribution in [3.63, 3.8) is 0 Å². The topological polar surface area (TPSA) is 82.8 Å². The molecule has 68 valence electrons. The molecule has 2 rings (SSSR count). The fourth-order valence-corrected chi connectivity index (χ4v) is 1.03. The molecular formula is C7H9N5O. The Morgan fingerprint density at radius 3 is 2.92 bits per heavy atom. The Morgan fingerprint density at radius 2 is 2.38 bits per heavy atom. The molecule has 2 heterocycles. The first kappa shape index (κ1) is 7.78. The predicted molar refractivity (Wildman–Crippen MR) is 44.8 cm³/mol. The highest BCUT2D eigenvalue weighted by Crippen LogP contribution is 2.05. The highest BCUT2D eigenvalue weighted by atomic mass is 16.6. The third-order valence-electron chi connectivity index (χ3n) is 1.73. The van der Waals surface area contributed by atoms with Crippen molar-refractivity contribution in [1.82, 2.24) is 19.9 Å². The van der Waals surface area contributed by atoms with E-state index in [1.807, 2.05) is 11.5 Å². The lowest BCUT2D eigenvalue weighted by atomic mass is 10.3. The van der Waals surface area contributed by atoms with Gasteiger partial charge in [-0.1, -0.05) is 10.3 Å². The number of aromatic nitrogens is 4. The second-order valence-electron chi connectivity index (χ2n) is 2.77. The van der Waals surface area contributed by atoms with Crippen LogP contribution in [0.1, 0.15) is 11.4 Å². The second-order valence-corrected chi connectivity index (χ2v) is 2.77. The van der Waals surface area contributed by atoms with Gasteiger partial charge >= 0.3 is 0 Å². The molecule has 0 atom stereocenters. The predicted octanol–water partition coefficient (Wildman–Crippen LogP) is 0.205. The smallest absolute Gasteiger partial charge is 0.141 e. The Balaban J connectivity index is 2.19. The standard InChI is InChI=1S/C7H9N5O/c1-5-6(11-13-10-5)2-12-3-7(8)9-4-12/h3-4H,2,8H2,1H3. The molecule has 0 spiro atoms. The van der Waals surface area contributed by atoms with Crippen molar-refractivity contribution < 1.29 is 4.63 Å². The first-order valence-corrected chi connectivity index (χ1v) is 3.81. The molecule has 0 aliphatic rings. The fourth-order valence-electron chi connectivity index (χ4n) is 1.03. The summed E-state index contributed by atoms with van der Waals surface area (Å²) in [6, 6.07) is 0. The van der Waals surface area contributed by atoms with Crippen LogP contribution in [0.15, 0.2) is 17.2 Å². The van der Waals surface area contributed by atoms with E-state index in [2.05, 4.69) is 19.9 Å². The Labute approximate surface area is 74.3 Å². The molecule has 0 radical (unpaired) electrons. The monoisotopic (exact) mass is 179 g/mol. The summed E-state index contributed by atoms with van der Waals surface area (Å²) in [4.78, 5) is 3.89. The van der Waals surface area contributed by atoms with Gasteiger partial charge in [0.1, 0.15) is 17.2 Å². The molecule has 0 saturated heterocycles. The molecule has 0 saturated carbocycles. The zero-order chi connectivity index (χ0) is 9.26. The number of hydrogen-bond acceptors (Lipinski definition) is 5. The molecule has 0 fully saturated rings. The molecule has 0 bridgehead atoms. The van der Waals surface area contributed by atoms with E-state index >= 15 is 0 Å². The van der Waals surface area contributed by atoms with Crippen LogP contribution < -0.4 is 5.73 Å². The van der Waals surface area contributed by atoms with Gasteiger partial charge in [-0.05, 0) is 6.92 Å². The maximum absolute atomic E-state index is 5.45. The van der Waals surface area contributed by atoms with Gasteiger partial charge in [0.05, 0.1) is 12.9 Å². The van der Waals surface area contributed by atoms with Crippen LogP contribution in [0.4, 0.5) is 5.82 Å². The van der Waals surface area contributed by atoms with Gasteiger partial charge < -0.3 is 10.3 Å². The summed E-state index contributed by atoms with van der Waals surface area (Å²) in [5.74, 6) is 0.495. The minimum Gasteiger partial charge on any atom is -0.382 e. The first-order chi connectivity index (χ1) is 6.25. The second kappa shape index (κ2) is 2.89. The fraction of sp³-hybridized carbons (Fsp3) is 0.286. The van der Waals surface area contributed by atoms with Crippen LogP contribution >= 0.6 is 0 Å². The number of rotatable bonds is 2. The van der Waals surface area contributed by atoms with E-state index < -0.39 is 0 Å². The van der Waals surface area contributed by atoms with Gasteiger partial charge in [-0.25, -0.2) is 9.61 Å². The average molecular weight is 179 g/mol. The number of nitrogens with two attached hydrogens (primary N) is 1. The van der Waals surface area contributed by atoms with E-state index in [1.165, 1.54) is 0 Å². The number of anilines is 1. The first-order valence-electron chi connectivity index (χ1n) is 3.81. The highest BCUT2D eigenvalue weighted by Gasteiger charge is 2.05. The number of nitrogens with zero attached hydrogens (tertiary/aromatic N) is 4. The number of nitrogen functional groups attached to an aromatic ring is 1. The Kier molecular flexibility index (Phi) is 1.73. The minimum absolute atomic E-state index is 0.495. The quantitative estimate of drug-likeness (QED) is 0.712. The van der Waals surface area contributed by atoms with Crippen molar-refractivity contribution in [2.45, 2.75) is 13.5 Å². The summed E-state index contributed by atoms with van der Waals surface area (Å²) in [6.07, 6.45) is 3.37. The molecule has 6 nitrogen and oxygen atoms in total. The number of imidazole rings is 1. The lowest BCUT2D eigenvalue weighted by Gasteiger charge is -1.95. The molecule has 0 amide bonds. The van der Waals surface area contributed by atoms with E-state index in [0.29, 0.717) is 12.4 Å². The van der Waals surface area contributed by atoms with E-state index in [-0.39, 0.29) is 0 Å². The molecule has 2 aromatic rings. The number of aryl methyl sites for hydroxylation is 1. The Morgan fingerprint density at radius 1 is 1.54 bits per heavy atom. The SMILES string of the molecule is Cc1nonc1Cn1cnc(N)c1. The van der Waals surface area contributed by atoms with Crippen molar-refractivity contribution in [3.8, 4) is 0 Å². The molecule has 2 aromatic heterocycles. The lowest BCUT2D eigenvalue weighted by Crippen LogP contribution is -1.98. The van der Waals surface area contributed by atoms with Crippen molar-refractivity contribution in [2.24, 2.45) is 0 Å². The maximum atomic E-state index is 5.45.